The summed E-state index contributed by atoms with van der Waals surface area (Å²) in [7, 11) is 0. The van der Waals surface area contributed by atoms with Gasteiger partial charge in [0.15, 0.2) is 6.29 Å². The Kier molecular flexibility index (Phi) is 4.46. The van der Waals surface area contributed by atoms with Gasteiger partial charge in [-0.1, -0.05) is 0 Å². The van der Waals surface area contributed by atoms with Crippen molar-refractivity contribution in [1.82, 2.24) is 9.47 Å². The fourth-order valence-electron chi connectivity index (χ4n) is 1.98. The summed E-state index contributed by atoms with van der Waals surface area (Å²) >= 11 is 0. The fraction of sp³-hybridized carbons (Fsp3) is 0.462. The molecule has 0 bridgehead atoms. The van der Waals surface area contributed by atoms with Crippen LogP contribution in [-0.2, 0) is 16.1 Å². The first-order valence-corrected chi connectivity index (χ1v) is 6.22. The van der Waals surface area contributed by atoms with E-state index in [0.29, 0.717) is 38.2 Å². The molecule has 1 aromatic rings. The maximum atomic E-state index is 11.9. The van der Waals surface area contributed by atoms with Crippen molar-refractivity contribution in [2.45, 2.75) is 13.0 Å². The van der Waals surface area contributed by atoms with Gasteiger partial charge in [-0.2, -0.15) is 0 Å². The molecule has 0 saturated carbocycles. The number of hydrogen-bond donors (Lipinski definition) is 0. The largest absolute Gasteiger partial charge is 0.378 e. The standard InChI is InChI=1S/C13H16N2O4/c16-10-11-1-2-12(17)15(9-11)4-3-13(18)14-5-7-19-8-6-14/h1-2,9-10H,3-8H2. The molecule has 2 heterocycles. The number of rotatable bonds is 4. The molecule has 0 atom stereocenters. The van der Waals surface area contributed by atoms with E-state index in [1.165, 1.54) is 22.9 Å². The van der Waals surface area contributed by atoms with E-state index < -0.39 is 0 Å². The van der Waals surface area contributed by atoms with Gasteiger partial charge in [0.1, 0.15) is 0 Å². The molecule has 0 aliphatic carbocycles. The van der Waals surface area contributed by atoms with Crippen LogP contribution in [0.15, 0.2) is 23.1 Å². The number of hydrogen-bond acceptors (Lipinski definition) is 4. The lowest BCUT2D eigenvalue weighted by atomic mass is 10.3. The van der Waals surface area contributed by atoms with E-state index in [9.17, 15) is 14.4 Å². The summed E-state index contributed by atoms with van der Waals surface area (Å²) < 4.78 is 6.57. The van der Waals surface area contributed by atoms with E-state index >= 15 is 0 Å². The van der Waals surface area contributed by atoms with Gasteiger partial charge in [0, 0.05) is 43.9 Å². The summed E-state index contributed by atoms with van der Waals surface area (Å²) in [6.45, 7) is 2.61. The average Bonchev–Trinajstić information content (AvgIpc) is 2.47. The topological polar surface area (TPSA) is 68.6 Å². The van der Waals surface area contributed by atoms with Gasteiger partial charge in [0.25, 0.3) is 5.56 Å². The molecule has 0 N–H and O–H groups in total. The van der Waals surface area contributed by atoms with Gasteiger partial charge < -0.3 is 14.2 Å². The number of ether oxygens (including phenoxy) is 1. The Balaban J connectivity index is 1.96. The lowest BCUT2D eigenvalue weighted by molar-refractivity contribution is -0.135. The van der Waals surface area contributed by atoms with Crippen molar-refractivity contribution in [1.29, 1.82) is 0 Å². The van der Waals surface area contributed by atoms with Crippen molar-refractivity contribution in [3.05, 3.63) is 34.2 Å². The number of morpholine rings is 1. The van der Waals surface area contributed by atoms with Crippen molar-refractivity contribution in [3.63, 3.8) is 0 Å². The predicted octanol–water partition coefficient (Wildman–Crippen LogP) is -0.0903. The zero-order valence-electron chi connectivity index (χ0n) is 10.6. The molecule has 1 saturated heterocycles. The molecule has 1 fully saturated rings. The Hall–Kier alpha value is -1.95. The van der Waals surface area contributed by atoms with E-state index in [2.05, 4.69) is 0 Å². The normalized spacial score (nSPS) is 15.3. The van der Waals surface area contributed by atoms with Crippen LogP contribution in [0.1, 0.15) is 16.8 Å². The van der Waals surface area contributed by atoms with E-state index in [0.717, 1.165) is 0 Å². The first-order chi connectivity index (χ1) is 9.20. The molecular weight excluding hydrogens is 248 g/mol. The van der Waals surface area contributed by atoms with Crippen molar-refractivity contribution < 1.29 is 14.3 Å². The third kappa shape index (κ3) is 3.51. The number of nitrogens with zero attached hydrogens (tertiary/aromatic N) is 2. The fourth-order valence-corrected chi connectivity index (χ4v) is 1.98. The van der Waals surface area contributed by atoms with Crippen LogP contribution < -0.4 is 5.56 Å². The van der Waals surface area contributed by atoms with Gasteiger partial charge in [0.05, 0.1) is 13.2 Å². The van der Waals surface area contributed by atoms with Crippen molar-refractivity contribution in [2.75, 3.05) is 26.3 Å². The average molecular weight is 264 g/mol. The van der Waals surface area contributed by atoms with Gasteiger partial charge in [0.2, 0.25) is 5.91 Å². The van der Waals surface area contributed by atoms with Gasteiger partial charge in [-0.15, -0.1) is 0 Å². The van der Waals surface area contributed by atoms with Crippen LogP contribution in [0.3, 0.4) is 0 Å². The van der Waals surface area contributed by atoms with Crippen LogP contribution in [0.4, 0.5) is 0 Å². The van der Waals surface area contributed by atoms with E-state index in [1.54, 1.807) is 4.90 Å². The molecule has 19 heavy (non-hydrogen) atoms. The Morgan fingerprint density at radius 1 is 1.32 bits per heavy atom. The van der Waals surface area contributed by atoms with Crippen LogP contribution in [0.25, 0.3) is 0 Å². The van der Waals surface area contributed by atoms with Crippen LogP contribution >= 0.6 is 0 Å². The second kappa shape index (κ2) is 6.29. The van der Waals surface area contributed by atoms with E-state index in [4.69, 9.17) is 4.74 Å². The van der Waals surface area contributed by atoms with Gasteiger partial charge in [-0.3, -0.25) is 14.4 Å². The van der Waals surface area contributed by atoms with Crippen LogP contribution in [0.2, 0.25) is 0 Å². The minimum atomic E-state index is -0.208. The van der Waals surface area contributed by atoms with Crippen molar-refractivity contribution >= 4 is 12.2 Å². The molecular formula is C13H16N2O4. The number of aldehydes is 1. The van der Waals surface area contributed by atoms with Crippen molar-refractivity contribution in [2.24, 2.45) is 0 Å². The molecule has 6 heteroatoms. The first kappa shape index (κ1) is 13.5. The molecule has 6 nitrogen and oxygen atoms in total. The quantitative estimate of drug-likeness (QED) is 0.713. The molecule has 0 unspecified atom stereocenters. The Labute approximate surface area is 110 Å². The van der Waals surface area contributed by atoms with Gasteiger partial charge in [-0.25, -0.2) is 0 Å². The highest BCUT2D eigenvalue weighted by atomic mass is 16.5. The van der Waals surface area contributed by atoms with Crippen LogP contribution in [0.5, 0.6) is 0 Å². The summed E-state index contributed by atoms with van der Waals surface area (Å²) in [4.78, 5) is 35.9. The summed E-state index contributed by atoms with van der Waals surface area (Å²) in [5, 5.41) is 0. The van der Waals surface area contributed by atoms with Crippen molar-refractivity contribution in [3.8, 4) is 0 Å². The number of carbonyl (C=O) groups excluding carboxylic acids is 2. The molecule has 0 spiro atoms. The number of aryl methyl sites for hydroxylation is 1. The minimum Gasteiger partial charge on any atom is -0.378 e. The highest BCUT2D eigenvalue weighted by Crippen LogP contribution is 2.01. The minimum absolute atomic E-state index is 0.00621. The van der Waals surface area contributed by atoms with Crippen LogP contribution in [0, 0.1) is 0 Å². The second-order valence-electron chi connectivity index (χ2n) is 4.36. The van der Waals surface area contributed by atoms with E-state index in [-0.39, 0.29) is 24.4 Å². The molecule has 1 aromatic heterocycles. The molecule has 1 aliphatic heterocycles. The van der Waals surface area contributed by atoms with Gasteiger partial charge in [-0.05, 0) is 6.07 Å². The number of carbonyl (C=O) groups is 2. The lowest BCUT2D eigenvalue weighted by Crippen LogP contribution is -2.41. The third-order valence-corrected chi connectivity index (χ3v) is 3.07. The summed E-state index contributed by atoms with van der Waals surface area (Å²) in [6.07, 6.45) is 2.41. The second-order valence-corrected chi connectivity index (χ2v) is 4.36. The number of pyridine rings is 1. The smallest absolute Gasteiger partial charge is 0.250 e. The highest BCUT2D eigenvalue weighted by molar-refractivity contribution is 5.76. The Morgan fingerprint density at radius 2 is 2.05 bits per heavy atom. The maximum Gasteiger partial charge on any atom is 0.250 e. The summed E-state index contributed by atoms with van der Waals surface area (Å²) in [5.74, 6) is 0.00621. The molecule has 0 radical (unpaired) electrons. The molecule has 1 amide bonds. The molecule has 0 aromatic carbocycles. The molecule has 102 valence electrons. The van der Waals surface area contributed by atoms with Gasteiger partial charge >= 0.3 is 0 Å². The predicted molar refractivity (Wildman–Crippen MR) is 68.1 cm³/mol. The molecule has 2 rings (SSSR count). The number of amides is 1. The third-order valence-electron chi connectivity index (χ3n) is 3.07. The maximum absolute atomic E-state index is 11.9. The molecule has 1 aliphatic rings. The SMILES string of the molecule is O=Cc1ccc(=O)n(CCC(=O)N2CCOCC2)c1. The van der Waals surface area contributed by atoms with E-state index in [1.807, 2.05) is 0 Å². The lowest BCUT2D eigenvalue weighted by Gasteiger charge is -2.26. The Morgan fingerprint density at radius 3 is 2.74 bits per heavy atom. The number of aromatic nitrogens is 1. The van der Waals surface area contributed by atoms with Crippen LogP contribution in [-0.4, -0.2) is 48.0 Å². The highest BCUT2D eigenvalue weighted by Gasteiger charge is 2.16. The zero-order chi connectivity index (χ0) is 13.7. The first-order valence-electron chi connectivity index (χ1n) is 6.22. The zero-order valence-corrected chi connectivity index (χ0v) is 10.6. The monoisotopic (exact) mass is 264 g/mol. The summed E-state index contributed by atoms with van der Waals surface area (Å²) in [5.41, 5.74) is 0.221. The Bertz CT molecular complexity index is 518. The summed E-state index contributed by atoms with van der Waals surface area (Å²) in [6, 6.07) is 2.80.